The second-order valence-electron chi connectivity index (χ2n) is 25.6. The van der Waals surface area contributed by atoms with Crippen molar-refractivity contribution < 1.29 is 4.42 Å². The van der Waals surface area contributed by atoms with E-state index in [1.807, 2.05) is 0 Å². The summed E-state index contributed by atoms with van der Waals surface area (Å²) in [4.78, 5) is 2.85. The lowest BCUT2D eigenvalue weighted by Crippen LogP contribution is -2.62. The van der Waals surface area contributed by atoms with Gasteiger partial charge in [0.05, 0.1) is 16.4 Å². The summed E-state index contributed by atoms with van der Waals surface area (Å²) < 4.78 is 10.1. The third kappa shape index (κ3) is 4.83. The Kier molecular flexibility index (Phi) is 7.34. The van der Waals surface area contributed by atoms with E-state index in [-0.39, 0.29) is 12.3 Å². The first kappa shape index (κ1) is 39.7. The van der Waals surface area contributed by atoms with Crippen LogP contribution in [0.25, 0.3) is 60.6 Å². The molecule has 0 N–H and O–H groups in total. The molecule has 3 nitrogen and oxygen atoms in total. The first-order chi connectivity index (χ1) is 36.0. The number of hydrogen-bond acceptors (Lipinski definition) is 2. The van der Waals surface area contributed by atoms with Crippen LogP contribution in [-0.2, 0) is 16.2 Å². The van der Waals surface area contributed by atoms with Gasteiger partial charge in [-0.15, -0.1) is 0 Å². The second-order valence-corrected chi connectivity index (χ2v) is 25.6. The zero-order valence-electron chi connectivity index (χ0n) is 41.4. The highest BCUT2D eigenvalue weighted by Crippen LogP contribution is 2.65. The molecule has 4 heteroatoms. The molecule has 10 aromatic rings. The monoisotopic (exact) mass is 940 g/mol. The average Bonchev–Trinajstić information content (AvgIpc) is 3.97. The lowest BCUT2D eigenvalue weighted by Gasteiger charge is -2.57. The third-order valence-corrected chi connectivity index (χ3v) is 21.9. The minimum absolute atomic E-state index is 0.0854. The Hall–Kier alpha value is -6.78. The molecule has 8 aliphatic carbocycles. The van der Waals surface area contributed by atoms with Gasteiger partial charge in [-0.05, 0) is 204 Å². The number of hydrogen-bond donors (Lipinski definition) is 0. The third-order valence-electron chi connectivity index (χ3n) is 21.9. The smallest absolute Gasteiger partial charge is 0.333 e. The van der Waals surface area contributed by atoms with Gasteiger partial charge in [-0.3, -0.25) is 0 Å². The van der Waals surface area contributed by atoms with Gasteiger partial charge < -0.3 is 13.8 Å². The molecule has 0 unspecified atom stereocenters. The van der Waals surface area contributed by atoms with Crippen molar-refractivity contribution in [2.45, 2.75) is 93.3 Å². The fraction of sp³-hybridized carbons (Fsp3) is 0.304. The van der Waals surface area contributed by atoms with Crippen LogP contribution in [0.15, 0.2) is 168 Å². The molecule has 8 fully saturated rings. The van der Waals surface area contributed by atoms with E-state index >= 15 is 0 Å². The molecular formula is C69H57BN2O. The molecule has 0 radical (unpaired) electrons. The highest BCUT2D eigenvalue weighted by molar-refractivity contribution is 6.94. The van der Waals surface area contributed by atoms with E-state index in [4.69, 9.17) is 4.42 Å². The molecule has 2 aromatic heterocycles. The van der Waals surface area contributed by atoms with Crippen LogP contribution >= 0.6 is 0 Å². The van der Waals surface area contributed by atoms with Crippen LogP contribution in [0.4, 0.5) is 11.4 Å². The number of furan rings is 1. The van der Waals surface area contributed by atoms with E-state index in [9.17, 15) is 0 Å². The fourth-order valence-electron chi connectivity index (χ4n) is 20.2. The van der Waals surface area contributed by atoms with Gasteiger partial charge >= 0.3 is 6.85 Å². The van der Waals surface area contributed by atoms with Crippen LogP contribution in [0.3, 0.4) is 0 Å². The SMILES string of the molecule is c1ccc(C2(c3ccccc3)c3ccccc3N3B4c5c(cc6c(oc7ccccc76)c5-c5cccc2c53)-n2c3ccc(C56CC7CC(CC(C7)C5)C6)cc3c3cc(C56CC7CC(CC(C7)C5)C6)cc4c32)cc1. The molecule has 11 aliphatic rings. The Morgan fingerprint density at radius 1 is 0.452 bits per heavy atom. The maximum atomic E-state index is 7.32. The maximum Gasteiger partial charge on any atom is 0.333 e. The van der Waals surface area contributed by atoms with Crippen LogP contribution < -0.4 is 15.7 Å². The molecule has 0 spiro atoms. The topological polar surface area (TPSA) is 21.3 Å². The van der Waals surface area contributed by atoms with Gasteiger partial charge in [-0.2, -0.15) is 0 Å². The van der Waals surface area contributed by atoms with Crippen molar-refractivity contribution in [2.24, 2.45) is 35.5 Å². The van der Waals surface area contributed by atoms with Crippen LogP contribution in [0, 0.1) is 35.5 Å². The molecule has 8 saturated carbocycles. The molecule has 5 heterocycles. The molecule has 0 atom stereocenters. The van der Waals surface area contributed by atoms with Gasteiger partial charge in [0, 0.05) is 49.7 Å². The molecular weight excluding hydrogens is 884 g/mol. The van der Waals surface area contributed by atoms with Gasteiger partial charge in [0.25, 0.3) is 0 Å². The predicted octanol–water partition coefficient (Wildman–Crippen LogP) is 15.6. The summed E-state index contributed by atoms with van der Waals surface area (Å²) in [6, 6.07) is 64.6. The minimum Gasteiger partial charge on any atom is -0.455 e. The number of fused-ring (bicyclic) bond motifs is 13. The molecule has 8 aromatic carbocycles. The Labute approximate surface area is 427 Å². The normalized spacial score (nSPS) is 28.9. The van der Waals surface area contributed by atoms with E-state index in [1.165, 1.54) is 171 Å². The van der Waals surface area contributed by atoms with Crippen molar-refractivity contribution in [1.29, 1.82) is 0 Å². The number of para-hydroxylation sites is 3. The van der Waals surface area contributed by atoms with E-state index in [0.29, 0.717) is 5.41 Å². The minimum atomic E-state index is -0.573. The van der Waals surface area contributed by atoms with Gasteiger partial charge in [0.15, 0.2) is 0 Å². The lowest BCUT2D eigenvalue weighted by molar-refractivity contribution is -0.00526. The second kappa shape index (κ2) is 13.5. The quantitative estimate of drug-likeness (QED) is 0.164. The van der Waals surface area contributed by atoms with Crippen molar-refractivity contribution >= 4 is 72.9 Å². The summed E-state index contributed by atoms with van der Waals surface area (Å²) in [7, 11) is 0. The average molecular weight is 941 g/mol. The molecule has 73 heavy (non-hydrogen) atoms. The van der Waals surface area contributed by atoms with E-state index in [1.54, 1.807) is 11.1 Å². The first-order valence-electron chi connectivity index (χ1n) is 28.3. The Bertz CT molecular complexity index is 3970. The maximum absolute atomic E-state index is 7.32. The number of anilines is 2. The summed E-state index contributed by atoms with van der Waals surface area (Å²) in [5.41, 5.74) is 22.6. The molecule has 352 valence electrons. The summed E-state index contributed by atoms with van der Waals surface area (Å²) in [5.74, 6) is 5.29. The Morgan fingerprint density at radius 3 is 1.73 bits per heavy atom. The summed E-state index contributed by atoms with van der Waals surface area (Å²) in [6.07, 6.45) is 17.0. The fourth-order valence-corrected chi connectivity index (χ4v) is 20.2. The summed E-state index contributed by atoms with van der Waals surface area (Å²) in [6.45, 7) is -0.0854. The number of rotatable bonds is 4. The van der Waals surface area contributed by atoms with Gasteiger partial charge in [-0.25, -0.2) is 0 Å². The van der Waals surface area contributed by atoms with E-state index in [2.05, 4.69) is 173 Å². The van der Waals surface area contributed by atoms with Crippen LogP contribution in [0.2, 0.25) is 0 Å². The van der Waals surface area contributed by atoms with Gasteiger partial charge in [0.1, 0.15) is 11.2 Å². The van der Waals surface area contributed by atoms with Crippen molar-refractivity contribution in [3.63, 3.8) is 0 Å². The van der Waals surface area contributed by atoms with Crippen LogP contribution in [0.5, 0.6) is 0 Å². The number of nitrogens with zero attached hydrogens (tertiary/aromatic N) is 2. The highest BCUT2D eigenvalue weighted by Gasteiger charge is 2.57. The standard InChI is InChI=1S/C69H57BN2O/c1-3-12-46(13-4-1)69(47-14-5-2-6-15-47)55-18-8-9-20-59(55)72-64-51(17-11-19-56(64)69)62-63-60(33-54-50-16-7-10-21-61(50)73-66(54)62)71-58-23-22-48(67-34-40-24-41(35-67)26-42(25-40)36-67)30-52(58)53-31-49(32-57(65(53)71)70(63)72)68-37-43-27-44(38-68)29-45(28-43)39-68/h1-23,30-33,40-45H,24-29,34-39H2. The lowest BCUT2D eigenvalue weighted by atomic mass is 9.41. The van der Waals surface area contributed by atoms with Crippen molar-refractivity contribution in [3.8, 4) is 16.8 Å². The molecule has 3 aliphatic heterocycles. The number of benzene rings is 8. The van der Waals surface area contributed by atoms with Crippen molar-refractivity contribution in [1.82, 2.24) is 4.57 Å². The zero-order valence-corrected chi connectivity index (χ0v) is 41.4. The Balaban J connectivity index is 0.974. The Morgan fingerprint density at radius 2 is 1.04 bits per heavy atom. The molecule has 8 bridgehead atoms. The summed E-state index contributed by atoms with van der Waals surface area (Å²) in [5, 5.41) is 5.36. The highest BCUT2D eigenvalue weighted by atomic mass is 16.3. The van der Waals surface area contributed by atoms with Gasteiger partial charge in [0.2, 0.25) is 0 Å². The van der Waals surface area contributed by atoms with Crippen molar-refractivity contribution in [2.75, 3.05) is 4.81 Å². The predicted molar refractivity (Wildman–Crippen MR) is 299 cm³/mol. The van der Waals surface area contributed by atoms with Gasteiger partial charge in [-0.1, -0.05) is 127 Å². The van der Waals surface area contributed by atoms with E-state index in [0.717, 1.165) is 46.7 Å². The molecule has 21 rings (SSSR count). The molecule has 0 saturated heterocycles. The van der Waals surface area contributed by atoms with Crippen LogP contribution in [-0.4, -0.2) is 11.4 Å². The number of aromatic nitrogens is 1. The first-order valence-corrected chi connectivity index (χ1v) is 28.3. The van der Waals surface area contributed by atoms with Crippen molar-refractivity contribution in [3.05, 3.63) is 197 Å². The molecule has 0 amide bonds. The van der Waals surface area contributed by atoms with Crippen LogP contribution in [0.1, 0.15) is 110 Å². The largest absolute Gasteiger partial charge is 0.455 e. The van der Waals surface area contributed by atoms with E-state index < -0.39 is 5.41 Å². The zero-order chi connectivity index (χ0) is 47.1. The summed E-state index contributed by atoms with van der Waals surface area (Å²) >= 11 is 0.